The molecule has 0 atom stereocenters. The van der Waals surface area contributed by atoms with E-state index in [9.17, 15) is 0 Å². The number of fused-ring (bicyclic) bond motifs is 2. The molecule has 1 N–H and O–H groups in total. The Labute approximate surface area is 131 Å². The number of halogens is 1. The lowest BCUT2D eigenvalue weighted by Gasteiger charge is -2.01. The molecule has 0 amide bonds. The highest BCUT2D eigenvalue weighted by Crippen LogP contribution is 2.36. The van der Waals surface area contributed by atoms with Crippen molar-refractivity contribution in [3.63, 3.8) is 0 Å². The minimum Gasteiger partial charge on any atom is -0.358 e. The first-order valence-electron chi connectivity index (χ1n) is 6.87. The summed E-state index contributed by atoms with van der Waals surface area (Å²) in [6.07, 6.45) is 5.83. The lowest BCUT2D eigenvalue weighted by Crippen LogP contribution is -1.84. The first-order valence-corrected chi connectivity index (χ1v) is 8.06. The number of nitrogens with one attached hydrogen (secondary N) is 1. The van der Waals surface area contributed by atoms with E-state index in [0.29, 0.717) is 5.92 Å². The second-order valence-corrected chi connectivity index (χ2v) is 6.93. The molecule has 0 aliphatic carbocycles. The lowest BCUT2D eigenvalue weighted by molar-refractivity contribution is 0.836. The summed E-state index contributed by atoms with van der Waals surface area (Å²) >= 11 is 8.13. The van der Waals surface area contributed by atoms with E-state index < -0.39 is 0 Å². The van der Waals surface area contributed by atoms with Gasteiger partial charge in [0.2, 0.25) is 0 Å². The van der Waals surface area contributed by atoms with Gasteiger partial charge in [0, 0.05) is 40.8 Å². The van der Waals surface area contributed by atoms with Crippen LogP contribution in [-0.4, -0.2) is 14.4 Å². The first kappa shape index (κ1) is 12.9. The van der Waals surface area contributed by atoms with Crippen LogP contribution in [0.25, 0.3) is 26.3 Å². The smallest absolute Gasteiger partial charge is 0.194 e. The van der Waals surface area contributed by atoms with Gasteiger partial charge >= 0.3 is 0 Å². The minimum atomic E-state index is 0.477. The standard InChI is InChI=1S/C16H14ClN3S/c1-9(2)13-6-10-5-12(17)11(7-14(10)19-13)15-8-20-4-3-18-16(20)21-15/h3-9,19H,1-2H3. The van der Waals surface area contributed by atoms with Gasteiger partial charge in [-0.15, -0.1) is 0 Å². The average Bonchev–Trinajstić information content (AvgIpc) is 3.09. The molecule has 0 aliphatic rings. The molecule has 0 saturated carbocycles. The van der Waals surface area contributed by atoms with Gasteiger partial charge in [0.05, 0.1) is 9.90 Å². The Kier molecular flexibility index (Phi) is 2.84. The molecule has 3 nitrogen and oxygen atoms in total. The first-order chi connectivity index (χ1) is 10.1. The third-order valence-electron chi connectivity index (χ3n) is 3.71. The van der Waals surface area contributed by atoms with Crippen LogP contribution in [0.1, 0.15) is 25.5 Å². The summed E-state index contributed by atoms with van der Waals surface area (Å²) in [6, 6.07) is 6.35. The van der Waals surface area contributed by atoms with E-state index >= 15 is 0 Å². The number of thiazole rings is 1. The highest BCUT2D eigenvalue weighted by Gasteiger charge is 2.12. The quantitative estimate of drug-likeness (QED) is 0.533. The van der Waals surface area contributed by atoms with Crippen molar-refractivity contribution in [1.29, 1.82) is 0 Å². The number of benzene rings is 1. The van der Waals surface area contributed by atoms with E-state index in [4.69, 9.17) is 11.6 Å². The fraction of sp³-hybridized carbons (Fsp3) is 0.188. The molecule has 0 aliphatic heterocycles. The van der Waals surface area contributed by atoms with E-state index in [1.165, 1.54) is 5.69 Å². The molecule has 1 aromatic carbocycles. The van der Waals surface area contributed by atoms with Crippen LogP contribution < -0.4 is 0 Å². The summed E-state index contributed by atoms with van der Waals surface area (Å²) in [5, 5.41) is 1.94. The molecule has 21 heavy (non-hydrogen) atoms. The molecule has 0 unspecified atom stereocenters. The fourth-order valence-electron chi connectivity index (χ4n) is 2.53. The van der Waals surface area contributed by atoms with Crippen molar-refractivity contribution < 1.29 is 0 Å². The maximum Gasteiger partial charge on any atom is 0.194 e. The Morgan fingerprint density at radius 3 is 2.90 bits per heavy atom. The van der Waals surface area contributed by atoms with Crippen LogP contribution in [0.4, 0.5) is 0 Å². The zero-order valence-corrected chi connectivity index (χ0v) is 13.3. The van der Waals surface area contributed by atoms with Gasteiger partial charge in [-0.3, -0.25) is 4.40 Å². The molecule has 3 heterocycles. The number of hydrogen-bond acceptors (Lipinski definition) is 2. The predicted octanol–water partition coefficient (Wildman–Crippen LogP) is 5.32. The Balaban J connectivity index is 1.91. The molecule has 0 spiro atoms. The third-order valence-corrected chi connectivity index (χ3v) is 5.06. The third kappa shape index (κ3) is 2.06. The van der Waals surface area contributed by atoms with Crippen molar-refractivity contribution in [3.05, 3.63) is 47.5 Å². The van der Waals surface area contributed by atoms with Gasteiger partial charge in [-0.2, -0.15) is 0 Å². The van der Waals surface area contributed by atoms with Crippen LogP contribution in [0.15, 0.2) is 36.8 Å². The minimum absolute atomic E-state index is 0.477. The zero-order valence-electron chi connectivity index (χ0n) is 11.7. The molecule has 0 fully saturated rings. The van der Waals surface area contributed by atoms with Crippen molar-refractivity contribution in [1.82, 2.24) is 14.4 Å². The maximum absolute atomic E-state index is 6.48. The number of hydrogen-bond donors (Lipinski definition) is 1. The van der Waals surface area contributed by atoms with Crippen LogP contribution in [-0.2, 0) is 0 Å². The van der Waals surface area contributed by atoms with Gasteiger partial charge in [0.1, 0.15) is 0 Å². The molecule has 0 saturated heterocycles. The van der Waals surface area contributed by atoms with E-state index in [1.807, 2.05) is 16.7 Å². The molecular formula is C16H14ClN3S. The lowest BCUT2D eigenvalue weighted by atomic mass is 10.1. The summed E-state index contributed by atoms with van der Waals surface area (Å²) in [6.45, 7) is 4.36. The Bertz CT molecular complexity index is 917. The molecule has 4 aromatic rings. The van der Waals surface area contributed by atoms with E-state index in [-0.39, 0.29) is 0 Å². The Morgan fingerprint density at radius 2 is 2.14 bits per heavy atom. The number of aromatic amines is 1. The summed E-state index contributed by atoms with van der Waals surface area (Å²) in [5.74, 6) is 0.477. The SMILES string of the molecule is CC(C)c1cc2cc(Cl)c(-c3cn4ccnc4s3)cc2[nH]1. The van der Waals surface area contributed by atoms with Crippen LogP contribution in [0, 0.1) is 0 Å². The molecule has 5 heteroatoms. The van der Waals surface area contributed by atoms with Gasteiger partial charge in [-0.1, -0.05) is 36.8 Å². The Hall–Kier alpha value is -1.78. The summed E-state index contributed by atoms with van der Waals surface area (Å²) in [7, 11) is 0. The fourth-order valence-corrected chi connectivity index (χ4v) is 3.83. The summed E-state index contributed by atoms with van der Waals surface area (Å²) in [5.41, 5.74) is 3.42. The second-order valence-electron chi connectivity index (χ2n) is 5.51. The van der Waals surface area contributed by atoms with Gasteiger partial charge in [-0.25, -0.2) is 4.98 Å². The highest BCUT2D eigenvalue weighted by molar-refractivity contribution is 7.20. The van der Waals surface area contributed by atoms with Crippen LogP contribution in [0.3, 0.4) is 0 Å². The van der Waals surface area contributed by atoms with E-state index in [0.717, 1.165) is 31.3 Å². The van der Waals surface area contributed by atoms with Gasteiger partial charge < -0.3 is 4.98 Å². The number of imidazole rings is 1. The summed E-state index contributed by atoms with van der Waals surface area (Å²) < 4.78 is 2.02. The van der Waals surface area contributed by atoms with Gasteiger partial charge in [0.15, 0.2) is 4.96 Å². The van der Waals surface area contributed by atoms with E-state index in [2.05, 4.69) is 42.1 Å². The largest absolute Gasteiger partial charge is 0.358 e. The Morgan fingerprint density at radius 1 is 1.29 bits per heavy atom. The monoisotopic (exact) mass is 315 g/mol. The number of H-pyrrole nitrogens is 1. The topological polar surface area (TPSA) is 33.1 Å². The molecule has 0 radical (unpaired) electrons. The van der Waals surface area contributed by atoms with Crippen molar-refractivity contribution in [2.45, 2.75) is 19.8 Å². The number of rotatable bonds is 2. The normalized spacial score (nSPS) is 12.0. The molecule has 0 bridgehead atoms. The highest BCUT2D eigenvalue weighted by atomic mass is 35.5. The number of aromatic nitrogens is 3. The average molecular weight is 316 g/mol. The molecule has 106 valence electrons. The van der Waals surface area contributed by atoms with Crippen molar-refractivity contribution in [3.8, 4) is 10.4 Å². The second kappa shape index (κ2) is 4.61. The van der Waals surface area contributed by atoms with Crippen molar-refractivity contribution in [2.24, 2.45) is 0 Å². The van der Waals surface area contributed by atoms with Crippen LogP contribution in [0.2, 0.25) is 5.02 Å². The van der Waals surface area contributed by atoms with Crippen molar-refractivity contribution in [2.75, 3.05) is 0 Å². The number of nitrogens with zero attached hydrogens (tertiary/aromatic N) is 2. The van der Waals surface area contributed by atoms with E-state index in [1.54, 1.807) is 17.5 Å². The van der Waals surface area contributed by atoms with Crippen LogP contribution >= 0.6 is 22.9 Å². The van der Waals surface area contributed by atoms with Gasteiger partial charge in [-0.05, 0) is 24.1 Å². The summed E-state index contributed by atoms with van der Waals surface area (Å²) in [4.78, 5) is 9.91. The van der Waals surface area contributed by atoms with Crippen molar-refractivity contribution >= 4 is 38.8 Å². The zero-order chi connectivity index (χ0) is 14.6. The van der Waals surface area contributed by atoms with Gasteiger partial charge in [0.25, 0.3) is 0 Å². The maximum atomic E-state index is 6.48. The predicted molar refractivity (Wildman–Crippen MR) is 89.5 cm³/mol. The molecule has 4 rings (SSSR count). The molecular weight excluding hydrogens is 302 g/mol. The molecule has 3 aromatic heterocycles. The van der Waals surface area contributed by atoms with Crippen LogP contribution in [0.5, 0.6) is 0 Å².